The summed E-state index contributed by atoms with van der Waals surface area (Å²) in [5, 5.41) is 0. The van der Waals surface area contributed by atoms with Crippen molar-refractivity contribution in [3.05, 3.63) is 144 Å². The fourth-order valence-corrected chi connectivity index (χ4v) is 4.87. The molecular weight excluding hydrogens is 434 g/mol. The zero-order valence-corrected chi connectivity index (χ0v) is 22.2. The first-order valence-corrected chi connectivity index (χ1v) is 13.3. The standard InChI is InChI=1S/C31H30.C2H5N.C2H6/c1-31(29-14-7-4-8-15-29,28-12-5-2-3-6-13-28)30-22-20-27(21-23-30)26-18-16-25(17-19-26)24-10-9-11-24;1-2-3;1-2/h2,4-8,12-24H,3,9-11H2,1H3;2H,1,3H2;1-2H3. The smallest absolute Gasteiger partial charge is 0.0423 e. The molecule has 1 unspecified atom stereocenters. The molecule has 1 saturated carbocycles. The molecule has 1 nitrogen and oxygen atoms in total. The van der Waals surface area contributed by atoms with Crippen molar-refractivity contribution in [2.75, 3.05) is 0 Å². The van der Waals surface area contributed by atoms with Crippen LogP contribution in [0.25, 0.3) is 11.1 Å². The van der Waals surface area contributed by atoms with Crippen LogP contribution >= 0.6 is 0 Å². The van der Waals surface area contributed by atoms with Crippen LogP contribution in [-0.2, 0) is 5.41 Å². The van der Waals surface area contributed by atoms with Crippen molar-refractivity contribution in [3.63, 3.8) is 0 Å². The lowest BCUT2D eigenvalue weighted by Gasteiger charge is -2.33. The highest BCUT2D eigenvalue weighted by atomic mass is 14.5. The number of hydrogen-bond donors (Lipinski definition) is 1. The Morgan fingerprint density at radius 2 is 1.36 bits per heavy atom. The lowest BCUT2D eigenvalue weighted by atomic mass is 9.70. The third kappa shape index (κ3) is 6.15. The summed E-state index contributed by atoms with van der Waals surface area (Å²) in [6, 6.07) is 29.3. The Morgan fingerprint density at radius 3 is 1.92 bits per heavy atom. The Balaban J connectivity index is 0.000000674. The molecule has 2 aliphatic rings. The topological polar surface area (TPSA) is 26.0 Å². The van der Waals surface area contributed by atoms with E-state index in [0.717, 1.165) is 12.3 Å². The first kappa shape index (κ1) is 27.0. The van der Waals surface area contributed by atoms with E-state index >= 15 is 0 Å². The van der Waals surface area contributed by atoms with Crippen molar-refractivity contribution >= 4 is 0 Å². The molecule has 1 heteroatoms. The summed E-state index contributed by atoms with van der Waals surface area (Å²) < 4.78 is 0. The molecule has 0 aromatic heterocycles. The van der Waals surface area contributed by atoms with Crippen LogP contribution < -0.4 is 5.73 Å². The van der Waals surface area contributed by atoms with Crippen molar-refractivity contribution in [3.8, 4) is 11.1 Å². The summed E-state index contributed by atoms with van der Waals surface area (Å²) in [7, 11) is 0. The highest BCUT2D eigenvalue weighted by Gasteiger charge is 2.32. The van der Waals surface area contributed by atoms with Gasteiger partial charge in [-0.3, -0.25) is 0 Å². The van der Waals surface area contributed by atoms with E-state index in [1.165, 1.54) is 58.9 Å². The molecule has 1 fully saturated rings. The van der Waals surface area contributed by atoms with E-state index in [9.17, 15) is 0 Å². The van der Waals surface area contributed by atoms with Crippen molar-refractivity contribution in [2.45, 2.75) is 57.8 Å². The van der Waals surface area contributed by atoms with Crippen molar-refractivity contribution < 1.29 is 0 Å². The van der Waals surface area contributed by atoms with E-state index in [-0.39, 0.29) is 5.41 Å². The molecule has 5 rings (SSSR count). The third-order valence-electron chi connectivity index (χ3n) is 7.19. The highest BCUT2D eigenvalue weighted by molar-refractivity contribution is 5.65. The quantitative estimate of drug-likeness (QED) is 0.390. The minimum Gasteiger partial charge on any atom is -0.405 e. The summed E-state index contributed by atoms with van der Waals surface area (Å²) in [5.74, 6) is 0.790. The van der Waals surface area contributed by atoms with Crippen LogP contribution in [0.4, 0.5) is 0 Å². The minimum absolute atomic E-state index is 0.195. The van der Waals surface area contributed by atoms with Crippen molar-refractivity contribution in [1.29, 1.82) is 0 Å². The summed E-state index contributed by atoms with van der Waals surface area (Å²) in [6.45, 7) is 9.49. The van der Waals surface area contributed by atoms with Gasteiger partial charge in [0.2, 0.25) is 0 Å². The van der Waals surface area contributed by atoms with Crippen LogP contribution in [0.15, 0.2) is 128 Å². The lowest BCUT2D eigenvalue weighted by molar-refractivity contribution is 0.420. The molecular formula is C35H41N. The van der Waals surface area contributed by atoms with E-state index in [0.29, 0.717) is 0 Å². The SMILES string of the molecule is C=CN.CC.CC(C1=CC=CCC=C1)(c1ccccc1)c1ccc(-c2ccc(C3CCC3)cc2)cc1. The van der Waals surface area contributed by atoms with Crippen LogP contribution in [0, 0.1) is 0 Å². The van der Waals surface area contributed by atoms with Crippen LogP contribution in [0.2, 0.25) is 0 Å². The first-order valence-electron chi connectivity index (χ1n) is 13.3. The molecule has 0 radical (unpaired) electrons. The molecule has 1 atom stereocenters. The monoisotopic (exact) mass is 475 g/mol. The van der Waals surface area contributed by atoms with Crippen molar-refractivity contribution in [2.24, 2.45) is 5.73 Å². The van der Waals surface area contributed by atoms with Crippen LogP contribution in [0.1, 0.15) is 69.1 Å². The maximum atomic E-state index is 4.61. The largest absolute Gasteiger partial charge is 0.405 e. The van der Waals surface area contributed by atoms with E-state index in [1.807, 2.05) is 13.8 Å². The van der Waals surface area contributed by atoms with Crippen LogP contribution in [0.3, 0.4) is 0 Å². The van der Waals surface area contributed by atoms with Crippen molar-refractivity contribution in [1.82, 2.24) is 0 Å². The fourth-order valence-electron chi connectivity index (χ4n) is 4.87. The number of nitrogens with two attached hydrogens (primary N) is 1. The molecule has 0 amide bonds. The number of hydrogen-bond acceptors (Lipinski definition) is 1. The average Bonchev–Trinajstić information content (AvgIpc) is 3.20. The Labute approximate surface area is 218 Å². The van der Waals surface area contributed by atoms with Gasteiger partial charge in [0.1, 0.15) is 0 Å². The highest BCUT2D eigenvalue weighted by Crippen LogP contribution is 2.41. The molecule has 3 aromatic carbocycles. The Morgan fingerprint density at radius 1 is 0.806 bits per heavy atom. The van der Waals surface area contributed by atoms with E-state index in [2.05, 4.69) is 128 Å². The second-order valence-corrected chi connectivity index (χ2v) is 9.24. The Kier molecular flexibility index (Phi) is 10.1. The molecule has 36 heavy (non-hydrogen) atoms. The molecule has 0 heterocycles. The van der Waals surface area contributed by atoms with Gasteiger partial charge in [0.15, 0.2) is 0 Å². The van der Waals surface area contributed by atoms with Gasteiger partial charge in [0, 0.05) is 5.41 Å². The lowest BCUT2D eigenvalue weighted by Crippen LogP contribution is -2.25. The molecule has 0 bridgehead atoms. The fraction of sp³-hybridized carbons (Fsp3) is 0.257. The third-order valence-corrected chi connectivity index (χ3v) is 7.19. The maximum Gasteiger partial charge on any atom is 0.0423 e. The summed E-state index contributed by atoms with van der Waals surface area (Å²) in [6.07, 6.45) is 17.5. The van der Waals surface area contributed by atoms with Gasteiger partial charge in [0.25, 0.3) is 0 Å². The molecule has 0 saturated heterocycles. The van der Waals surface area contributed by atoms with Gasteiger partial charge < -0.3 is 5.73 Å². The van der Waals surface area contributed by atoms with Gasteiger partial charge in [0.05, 0.1) is 0 Å². The minimum atomic E-state index is -0.195. The van der Waals surface area contributed by atoms with Crippen LogP contribution in [0.5, 0.6) is 0 Å². The van der Waals surface area contributed by atoms with Crippen LogP contribution in [-0.4, -0.2) is 0 Å². The average molecular weight is 476 g/mol. The summed E-state index contributed by atoms with van der Waals surface area (Å²) >= 11 is 0. The number of rotatable bonds is 5. The molecule has 3 aromatic rings. The summed E-state index contributed by atoms with van der Waals surface area (Å²) in [4.78, 5) is 0. The van der Waals surface area contributed by atoms with E-state index in [4.69, 9.17) is 0 Å². The van der Waals surface area contributed by atoms with Gasteiger partial charge in [-0.05, 0) is 71.7 Å². The number of benzene rings is 3. The molecule has 2 aliphatic carbocycles. The normalized spacial score (nSPS) is 16.0. The number of allylic oxidation sites excluding steroid dienone is 6. The first-order chi connectivity index (χ1) is 17.7. The van der Waals surface area contributed by atoms with Gasteiger partial charge >= 0.3 is 0 Å². The summed E-state index contributed by atoms with van der Waals surface area (Å²) in [5.41, 5.74) is 12.5. The predicted octanol–water partition coefficient (Wildman–Crippen LogP) is 9.48. The Bertz CT molecular complexity index is 1160. The predicted molar refractivity (Wildman–Crippen MR) is 158 cm³/mol. The Hall–Kier alpha value is -3.58. The second kappa shape index (κ2) is 13.5. The van der Waals surface area contributed by atoms with E-state index in [1.54, 1.807) is 0 Å². The molecule has 2 N–H and O–H groups in total. The molecule has 186 valence electrons. The van der Waals surface area contributed by atoms with Gasteiger partial charge in [-0.25, -0.2) is 0 Å². The second-order valence-electron chi connectivity index (χ2n) is 9.24. The maximum absolute atomic E-state index is 4.61. The molecule has 0 spiro atoms. The zero-order valence-electron chi connectivity index (χ0n) is 22.2. The van der Waals surface area contributed by atoms with E-state index < -0.39 is 0 Å². The van der Waals surface area contributed by atoms with Gasteiger partial charge in [-0.2, -0.15) is 0 Å². The zero-order chi connectivity index (χ0) is 25.8. The molecule has 0 aliphatic heterocycles. The van der Waals surface area contributed by atoms with Gasteiger partial charge in [-0.1, -0.05) is 136 Å². The van der Waals surface area contributed by atoms with Gasteiger partial charge in [-0.15, -0.1) is 0 Å².